The van der Waals surface area contributed by atoms with Crippen LogP contribution in [0.1, 0.15) is 26.7 Å². The van der Waals surface area contributed by atoms with Crippen LogP contribution in [-0.2, 0) is 9.59 Å². The van der Waals surface area contributed by atoms with Gasteiger partial charge in [0.25, 0.3) is 0 Å². The Morgan fingerprint density at radius 3 is 2.43 bits per heavy atom. The normalized spacial score (nSPS) is 12.6. The maximum Gasteiger partial charge on any atom is 0.320 e. The minimum Gasteiger partial charge on any atom is -0.480 e. The van der Waals surface area contributed by atoms with Gasteiger partial charge in [-0.05, 0) is 12.8 Å². The van der Waals surface area contributed by atoms with Gasteiger partial charge < -0.3 is 16.2 Å². The zero-order valence-corrected chi connectivity index (χ0v) is 8.62. The van der Waals surface area contributed by atoms with E-state index in [-0.39, 0.29) is 11.8 Å². The van der Waals surface area contributed by atoms with Gasteiger partial charge in [-0.25, -0.2) is 0 Å². The van der Waals surface area contributed by atoms with E-state index in [1.54, 1.807) is 13.8 Å². The quantitative estimate of drug-likeness (QED) is 0.526. The summed E-state index contributed by atoms with van der Waals surface area (Å²) in [5, 5.41) is 11.2. The third-order valence-corrected chi connectivity index (χ3v) is 1.83. The molecular weight excluding hydrogens is 184 g/mol. The molecule has 0 unspecified atom stereocenters. The van der Waals surface area contributed by atoms with E-state index >= 15 is 0 Å². The number of hydrogen-bond donors (Lipinski definition) is 3. The molecule has 0 bridgehead atoms. The second kappa shape index (κ2) is 6.37. The average molecular weight is 202 g/mol. The van der Waals surface area contributed by atoms with Crippen molar-refractivity contribution in [3.8, 4) is 0 Å². The summed E-state index contributed by atoms with van der Waals surface area (Å²) in [6.45, 7) is 4.09. The lowest BCUT2D eigenvalue weighted by atomic mass is 10.1. The van der Waals surface area contributed by atoms with E-state index < -0.39 is 12.0 Å². The molecule has 0 aromatic rings. The fourth-order valence-electron chi connectivity index (χ4n) is 0.861. The van der Waals surface area contributed by atoms with Gasteiger partial charge in [0.1, 0.15) is 6.04 Å². The molecule has 0 aliphatic rings. The first-order valence-corrected chi connectivity index (χ1v) is 4.71. The van der Waals surface area contributed by atoms with Gasteiger partial charge in [-0.2, -0.15) is 0 Å². The Kier molecular flexibility index (Phi) is 5.87. The number of carbonyl (C=O) groups is 2. The molecule has 1 atom stereocenters. The Morgan fingerprint density at radius 1 is 1.43 bits per heavy atom. The lowest BCUT2D eigenvalue weighted by molar-refractivity contribution is -0.138. The van der Waals surface area contributed by atoms with Crippen molar-refractivity contribution >= 4 is 11.9 Å². The van der Waals surface area contributed by atoms with Crippen LogP contribution in [0.5, 0.6) is 0 Å². The van der Waals surface area contributed by atoms with Crippen LogP contribution in [0.15, 0.2) is 0 Å². The Balaban J connectivity index is 3.47. The van der Waals surface area contributed by atoms with Gasteiger partial charge in [-0.3, -0.25) is 9.59 Å². The number of hydrogen-bond acceptors (Lipinski definition) is 3. The summed E-state index contributed by atoms with van der Waals surface area (Å²) >= 11 is 0. The molecule has 0 heterocycles. The number of rotatable bonds is 6. The predicted molar refractivity (Wildman–Crippen MR) is 52.7 cm³/mol. The third-order valence-electron chi connectivity index (χ3n) is 1.83. The number of nitrogens with one attached hydrogen (secondary N) is 1. The van der Waals surface area contributed by atoms with Crippen molar-refractivity contribution < 1.29 is 14.7 Å². The van der Waals surface area contributed by atoms with Gasteiger partial charge in [0.05, 0.1) is 0 Å². The Labute approximate surface area is 83.7 Å². The average Bonchev–Trinajstić information content (AvgIpc) is 2.11. The van der Waals surface area contributed by atoms with E-state index in [0.29, 0.717) is 19.4 Å². The molecule has 0 fully saturated rings. The summed E-state index contributed by atoms with van der Waals surface area (Å²) in [5.74, 6) is -1.06. The van der Waals surface area contributed by atoms with Crippen molar-refractivity contribution in [1.29, 1.82) is 0 Å². The largest absolute Gasteiger partial charge is 0.480 e. The minimum absolute atomic E-state index is 0.0195. The highest BCUT2D eigenvalue weighted by atomic mass is 16.4. The lowest BCUT2D eigenvalue weighted by Gasteiger charge is -2.08. The van der Waals surface area contributed by atoms with E-state index in [1.807, 2.05) is 0 Å². The first-order chi connectivity index (χ1) is 6.45. The zero-order chi connectivity index (χ0) is 11.1. The molecule has 0 spiro atoms. The monoisotopic (exact) mass is 202 g/mol. The van der Waals surface area contributed by atoms with Crippen molar-refractivity contribution in [2.24, 2.45) is 11.7 Å². The van der Waals surface area contributed by atoms with Crippen LogP contribution < -0.4 is 11.1 Å². The summed E-state index contributed by atoms with van der Waals surface area (Å²) in [6.07, 6.45) is 0.972. The molecular formula is C9H18N2O3. The number of carbonyl (C=O) groups excluding carboxylic acids is 1. The summed E-state index contributed by atoms with van der Waals surface area (Å²) in [7, 11) is 0. The summed E-state index contributed by atoms with van der Waals surface area (Å²) < 4.78 is 0. The SMILES string of the molecule is CC(C)C(=O)NCCC[C@H](N)C(=O)O. The Hall–Kier alpha value is -1.10. The first kappa shape index (κ1) is 12.9. The van der Waals surface area contributed by atoms with E-state index in [9.17, 15) is 9.59 Å². The number of amides is 1. The van der Waals surface area contributed by atoms with Crippen LogP contribution in [0.25, 0.3) is 0 Å². The van der Waals surface area contributed by atoms with E-state index in [1.165, 1.54) is 0 Å². The van der Waals surface area contributed by atoms with Crippen LogP contribution in [0.4, 0.5) is 0 Å². The van der Waals surface area contributed by atoms with Crippen LogP contribution in [0, 0.1) is 5.92 Å². The van der Waals surface area contributed by atoms with Crippen molar-refractivity contribution in [2.45, 2.75) is 32.7 Å². The van der Waals surface area contributed by atoms with Gasteiger partial charge in [-0.15, -0.1) is 0 Å². The van der Waals surface area contributed by atoms with Crippen LogP contribution in [0.3, 0.4) is 0 Å². The summed E-state index contributed by atoms with van der Waals surface area (Å²) in [4.78, 5) is 21.4. The van der Waals surface area contributed by atoms with E-state index in [0.717, 1.165) is 0 Å². The standard InChI is InChI=1S/C9H18N2O3/c1-6(2)8(12)11-5-3-4-7(10)9(13)14/h6-7H,3-5,10H2,1-2H3,(H,11,12)(H,13,14)/t7-/m0/s1. The molecule has 0 saturated heterocycles. The molecule has 0 rings (SSSR count). The van der Waals surface area contributed by atoms with Gasteiger partial charge in [0.15, 0.2) is 0 Å². The van der Waals surface area contributed by atoms with Crippen molar-refractivity contribution in [3.63, 3.8) is 0 Å². The summed E-state index contributed by atoms with van der Waals surface area (Å²) in [6, 6.07) is -0.828. The van der Waals surface area contributed by atoms with E-state index in [4.69, 9.17) is 10.8 Å². The van der Waals surface area contributed by atoms with Gasteiger partial charge in [0.2, 0.25) is 5.91 Å². The number of carboxylic acids is 1. The van der Waals surface area contributed by atoms with Crippen molar-refractivity contribution in [2.75, 3.05) is 6.54 Å². The highest BCUT2D eigenvalue weighted by molar-refractivity contribution is 5.77. The highest BCUT2D eigenvalue weighted by Crippen LogP contribution is 1.95. The lowest BCUT2D eigenvalue weighted by Crippen LogP contribution is -2.33. The molecule has 0 aliphatic carbocycles. The molecule has 0 aromatic heterocycles. The predicted octanol–water partition coefficient (Wildman–Crippen LogP) is -0.0493. The first-order valence-electron chi connectivity index (χ1n) is 4.71. The molecule has 5 nitrogen and oxygen atoms in total. The molecule has 0 radical (unpaired) electrons. The van der Waals surface area contributed by atoms with Crippen molar-refractivity contribution in [3.05, 3.63) is 0 Å². The molecule has 0 aliphatic heterocycles. The van der Waals surface area contributed by atoms with Gasteiger partial charge in [0, 0.05) is 12.5 Å². The van der Waals surface area contributed by atoms with Gasteiger partial charge >= 0.3 is 5.97 Å². The number of nitrogens with two attached hydrogens (primary N) is 1. The maximum absolute atomic E-state index is 11.1. The number of carboxylic acid groups (broad SMARTS) is 1. The topological polar surface area (TPSA) is 92.4 Å². The molecule has 0 saturated carbocycles. The van der Waals surface area contributed by atoms with Crippen molar-refractivity contribution in [1.82, 2.24) is 5.32 Å². The molecule has 0 aromatic carbocycles. The molecule has 1 amide bonds. The zero-order valence-electron chi connectivity index (χ0n) is 8.62. The minimum atomic E-state index is -1.000. The second-order valence-electron chi connectivity index (χ2n) is 3.53. The fourth-order valence-corrected chi connectivity index (χ4v) is 0.861. The molecule has 5 heteroatoms. The number of aliphatic carboxylic acids is 1. The Morgan fingerprint density at radius 2 is 2.00 bits per heavy atom. The van der Waals surface area contributed by atoms with Gasteiger partial charge in [-0.1, -0.05) is 13.8 Å². The second-order valence-corrected chi connectivity index (χ2v) is 3.53. The van der Waals surface area contributed by atoms with Crippen LogP contribution in [0.2, 0.25) is 0 Å². The molecule has 82 valence electrons. The maximum atomic E-state index is 11.1. The fraction of sp³-hybridized carbons (Fsp3) is 0.778. The smallest absolute Gasteiger partial charge is 0.320 e. The van der Waals surface area contributed by atoms with Crippen LogP contribution in [-0.4, -0.2) is 29.6 Å². The molecule has 14 heavy (non-hydrogen) atoms. The molecule has 4 N–H and O–H groups in total. The van der Waals surface area contributed by atoms with Crippen LogP contribution >= 0.6 is 0 Å². The highest BCUT2D eigenvalue weighted by Gasteiger charge is 2.11. The summed E-state index contributed by atoms with van der Waals surface area (Å²) in [5.41, 5.74) is 5.28. The third kappa shape index (κ3) is 5.53. The van der Waals surface area contributed by atoms with E-state index in [2.05, 4.69) is 5.32 Å². The Bertz CT molecular complexity index is 204.